The maximum atomic E-state index is 11.5. The highest BCUT2D eigenvalue weighted by atomic mass is 16.6. The Labute approximate surface area is 135 Å². The molecule has 1 rings (SSSR count). The fraction of sp³-hybridized carbons (Fsp3) is 0.533. The van der Waals surface area contributed by atoms with Crippen molar-refractivity contribution in [1.82, 2.24) is 5.32 Å². The molecule has 1 aromatic rings. The summed E-state index contributed by atoms with van der Waals surface area (Å²) < 4.78 is 10.4. The van der Waals surface area contributed by atoms with Crippen LogP contribution in [0.3, 0.4) is 0 Å². The maximum absolute atomic E-state index is 11.5. The number of carbonyl (C=O) groups excluding carboxylic acids is 1. The molecule has 0 aromatic heterocycles. The van der Waals surface area contributed by atoms with Crippen LogP contribution in [-0.2, 0) is 4.74 Å². The summed E-state index contributed by atoms with van der Waals surface area (Å²) in [5.41, 5.74) is 0.0525. The Kier molecular flexibility index (Phi) is 6.62. The normalized spacial score (nSPS) is 10.8. The number of nitrogens with one attached hydrogen (secondary N) is 2. The molecule has 128 valence electrons. The van der Waals surface area contributed by atoms with E-state index in [9.17, 15) is 14.9 Å². The fourth-order valence-corrected chi connectivity index (χ4v) is 1.73. The first-order valence-electron chi connectivity index (χ1n) is 7.35. The summed E-state index contributed by atoms with van der Waals surface area (Å²) in [6, 6.07) is 4.54. The van der Waals surface area contributed by atoms with Crippen molar-refractivity contribution in [3.8, 4) is 5.75 Å². The topological polar surface area (TPSA) is 103 Å². The van der Waals surface area contributed by atoms with E-state index in [2.05, 4.69) is 10.6 Å². The molecule has 2 N–H and O–H groups in total. The smallest absolute Gasteiger partial charge is 0.407 e. The first-order chi connectivity index (χ1) is 10.7. The lowest BCUT2D eigenvalue weighted by atomic mass is 10.2. The Hall–Kier alpha value is -2.51. The number of benzene rings is 1. The van der Waals surface area contributed by atoms with E-state index in [1.807, 2.05) is 0 Å². The van der Waals surface area contributed by atoms with Gasteiger partial charge < -0.3 is 20.1 Å². The van der Waals surface area contributed by atoms with E-state index >= 15 is 0 Å². The number of nitrogens with zero attached hydrogens (tertiary/aromatic N) is 1. The molecule has 0 radical (unpaired) electrons. The summed E-state index contributed by atoms with van der Waals surface area (Å²) in [6.07, 6.45) is -0.488. The largest absolute Gasteiger partial charge is 0.487 e. The highest BCUT2D eigenvalue weighted by molar-refractivity contribution is 5.67. The van der Waals surface area contributed by atoms with Crippen molar-refractivity contribution in [2.24, 2.45) is 0 Å². The van der Waals surface area contributed by atoms with Crippen LogP contribution in [0.2, 0.25) is 0 Å². The maximum Gasteiger partial charge on any atom is 0.407 e. The van der Waals surface area contributed by atoms with Gasteiger partial charge in [0, 0.05) is 30.9 Å². The van der Waals surface area contributed by atoms with Gasteiger partial charge in [0.05, 0.1) is 11.5 Å². The van der Waals surface area contributed by atoms with Crippen molar-refractivity contribution in [2.45, 2.75) is 33.3 Å². The number of hydrogen-bond acceptors (Lipinski definition) is 6. The molecule has 0 aliphatic carbocycles. The molecule has 0 aliphatic rings. The molecular weight excluding hydrogens is 302 g/mol. The lowest BCUT2D eigenvalue weighted by molar-refractivity contribution is -0.385. The van der Waals surface area contributed by atoms with Crippen molar-refractivity contribution >= 4 is 17.5 Å². The van der Waals surface area contributed by atoms with E-state index in [-0.39, 0.29) is 11.4 Å². The summed E-state index contributed by atoms with van der Waals surface area (Å²) in [7, 11) is 0. The molecule has 0 saturated carbocycles. The van der Waals surface area contributed by atoms with Crippen molar-refractivity contribution in [3.63, 3.8) is 0 Å². The van der Waals surface area contributed by atoms with E-state index in [0.29, 0.717) is 25.4 Å². The van der Waals surface area contributed by atoms with Gasteiger partial charge >= 0.3 is 11.8 Å². The van der Waals surface area contributed by atoms with Crippen LogP contribution in [0, 0.1) is 10.1 Å². The first-order valence-corrected chi connectivity index (χ1v) is 7.35. The minimum Gasteiger partial charge on any atom is -0.487 e. The second-order valence-corrected chi connectivity index (χ2v) is 5.73. The fourth-order valence-electron chi connectivity index (χ4n) is 1.73. The Bertz CT molecular complexity index is 555. The summed E-state index contributed by atoms with van der Waals surface area (Å²) in [4.78, 5) is 21.9. The average Bonchev–Trinajstić information content (AvgIpc) is 2.42. The number of ether oxygens (including phenoxy) is 2. The standard InChI is InChI=1S/C15H23N3O5/c1-5-22-13-10-11(6-7-12(13)18(20)21)16-8-9-17-14(19)23-15(2,3)4/h6-7,10,16H,5,8-9H2,1-4H3,(H,17,19). The number of anilines is 1. The van der Waals surface area contributed by atoms with Crippen molar-refractivity contribution in [1.29, 1.82) is 0 Å². The summed E-state index contributed by atoms with van der Waals surface area (Å²) in [5, 5.41) is 16.6. The van der Waals surface area contributed by atoms with Gasteiger partial charge in [-0.2, -0.15) is 0 Å². The third-order valence-electron chi connectivity index (χ3n) is 2.58. The van der Waals surface area contributed by atoms with Gasteiger partial charge in [0.2, 0.25) is 0 Å². The minimum atomic E-state index is -0.539. The molecule has 0 fully saturated rings. The number of nitro groups is 1. The minimum absolute atomic E-state index is 0.0794. The molecule has 1 amide bonds. The molecule has 8 nitrogen and oxygen atoms in total. The van der Waals surface area contributed by atoms with Crippen LogP contribution in [-0.4, -0.2) is 36.3 Å². The Morgan fingerprint density at radius 2 is 2.00 bits per heavy atom. The quantitative estimate of drug-likeness (QED) is 0.454. The number of amides is 1. The molecule has 1 aromatic carbocycles. The molecule has 0 atom stereocenters. The van der Waals surface area contributed by atoms with Crippen LogP contribution >= 0.6 is 0 Å². The molecule has 0 aliphatic heterocycles. The second kappa shape index (κ2) is 8.21. The second-order valence-electron chi connectivity index (χ2n) is 5.73. The van der Waals surface area contributed by atoms with E-state index in [1.165, 1.54) is 6.07 Å². The number of rotatable bonds is 7. The van der Waals surface area contributed by atoms with Gasteiger partial charge in [-0.25, -0.2) is 4.79 Å². The zero-order valence-corrected chi connectivity index (χ0v) is 13.8. The van der Waals surface area contributed by atoms with Gasteiger partial charge in [-0.1, -0.05) is 0 Å². The number of nitro benzene ring substituents is 1. The van der Waals surface area contributed by atoms with Gasteiger partial charge in [-0.05, 0) is 33.8 Å². The lowest BCUT2D eigenvalue weighted by Crippen LogP contribution is -2.34. The van der Waals surface area contributed by atoms with Gasteiger partial charge in [-0.3, -0.25) is 10.1 Å². The van der Waals surface area contributed by atoms with E-state index < -0.39 is 16.6 Å². The lowest BCUT2D eigenvalue weighted by Gasteiger charge is -2.19. The van der Waals surface area contributed by atoms with E-state index in [1.54, 1.807) is 39.8 Å². The zero-order valence-electron chi connectivity index (χ0n) is 13.8. The van der Waals surface area contributed by atoms with Crippen LogP contribution in [0.5, 0.6) is 5.75 Å². The van der Waals surface area contributed by atoms with E-state index in [4.69, 9.17) is 9.47 Å². The van der Waals surface area contributed by atoms with E-state index in [0.717, 1.165) is 0 Å². The van der Waals surface area contributed by atoms with Crippen molar-refractivity contribution < 1.29 is 19.2 Å². The van der Waals surface area contributed by atoms with Crippen LogP contribution in [0.15, 0.2) is 18.2 Å². The van der Waals surface area contributed by atoms with Gasteiger partial charge in [0.15, 0.2) is 5.75 Å². The number of hydrogen-bond donors (Lipinski definition) is 2. The van der Waals surface area contributed by atoms with Gasteiger partial charge in [0.1, 0.15) is 5.60 Å². The predicted molar refractivity (Wildman–Crippen MR) is 87.0 cm³/mol. The average molecular weight is 325 g/mol. The first kappa shape index (κ1) is 18.5. The van der Waals surface area contributed by atoms with Gasteiger partial charge in [-0.15, -0.1) is 0 Å². The molecule has 8 heteroatoms. The van der Waals surface area contributed by atoms with Crippen LogP contribution in [0.25, 0.3) is 0 Å². The zero-order chi connectivity index (χ0) is 17.5. The summed E-state index contributed by atoms with van der Waals surface area (Å²) in [5.74, 6) is 0.211. The number of alkyl carbamates (subject to hydrolysis) is 1. The Morgan fingerprint density at radius 3 is 2.57 bits per heavy atom. The molecule has 23 heavy (non-hydrogen) atoms. The third kappa shape index (κ3) is 6.86. The molecule has 0 bridgehead atoms. The summed E-state index contributed by atoms with van der Waals surface area (Å²) >= 11 is 0. The van der Waals surface area contributed by atoms with Gasteiger partial charge in [0.25, 0.3) is 0 Å². The Balaban J connectivity index is 2.50. The van der Waals surface area contributed by atoms with Crippen LogP contribution in [0.1, 0.15) is 27.7 Å². The SMILES string of the molecule is CCOc1cc(NCCNC(=O)OC(C)(C)C)ccc1[N+](=O)[O-]. The molecule has 0 spiro atoms. The van der Waals surface area contributed by atoms with Crippen molar-refractivity contribution in [2.75, 3.05) is 25.0 Å². The van der Waals surface area contributed by atoms with Crippen LogP contribution in [0.4, 0.5) is 16.2 Å². The molecule has 0 unspecified atom stereocenters. The summed E-state index contributed by atoms with van der Waals surface area (Å²) in [6.45, 7) is 8.27. The number of carbonyl (C=O) groups is 1. The highest BCUT2D eigenvalue weighted by Gasteiger charge is 2.16. The third-order valence-corrected chi connectivity index (χ3v) is 2.58. The molecule has 0 heterocycles. The molecule has 0 saturated heterocycles. The molecular formula is C15H23N3O5. The van der Waals surface area contributed by atoms with Crippen molar-refractivity contribution in [3.05, 3.63) is 28.3 Å². The highest BCUT2D eigenvalue weighted by Crippen LogP contribution is 2.29. The Morgan fingerprint density at radius 1 is 1.30 bits per heavy atom. The van der Waals surface area contributed by atoms with Crippen LogP contribution < -0.4 is 15.4 Å². The monoisotopic (exact) mass is 325 g/mol. The predicted octanol–water partition coefficient (Wildman–Crippen LogP) is 2.93.